The molecular formula is C15H17BrN2O. The Bertz CT molecular complexity index is 528. The van der Waals surface area contributed by atoms with Gasteiger partial charge in [0.25, 0.3) is 0 Å². The van der Waals surface area contributed by atoms with Gasteiger partial charge in [-0.25, -0.2) is 0 Å². The lowest BCUT2D eigenvalue weighted by Crippen LogP contribution is -2.22. The van der Waals surface area contributed by atoms with Gasteiger partial charge in [0.2, 0.25) is 0 Å². The average molecular weight is 321 g/mol. The molecule has 0 bridgehead atoms. The number of ether oxygens (including phenoxy) is 1. The van der Waals surface area contributed by atoms with Gasteiger partial charge < -0.3 is 10.1 Å². The first-order valence-corrected chi connectivity index (χ1v) is 7.02. The fraction of sp³-hybridized carbons (Fsp3) is 0.267. The lowest BCUT2D eigenvalue weighted by molar-refractivity contribution is 0.413. The monoisotopic (exact) mass is 320 g/mol. The van der Waals surface area contributed by atoms with E-state index >= 15 is 0 Å². The largest absolute Gasteiger partial charge is 0.497 e. The molecule has 0 aliphatic carbocycles. The molecule has 0 amide bonds. The molecule has 3 nitrogen and oxygen atoms in total. The van der Waals surface area contributed by atoms with E-state index in [0.29, 0.717) is 0 Å². The van der Waals surface area contributed by atoms with Crippen LogP contribution in [0.2, 0.25) is 0 Å². The van der Waals surface area contributed by atoms with Gasteiger partial charge in [0.05, 0.1) is 18.8 Å². The molecule has 0 aliphatic heterocycles. The van der Waals surface area contributed by atoms with E-state index in [2.05, 4.69) is 39.2 Å². The van der Waals surface area contributed by atoms with Crippen LogP contribution in [0.5, 0.6) is 5.75 Å². The second-order valence-corrected chi connectivity index (χ2v) is 5.08. The summed E-state index contributed by atoms with van der Waals surface area (Å²) >= 11 is 3.41. The molecule has 1 unspecified atom stereocenters. The quantitative estimate of drug-likeness (QED) is 0.914. The van der Waals surface area contributed by atoms with Gasteiger partial charge in [-0.05, 0) is 52.3 Å². The van der Waals surface area contributed by atoms with Crippen LogP contribution in [-0.2, 0) is 0 Å². The van der Waals surface area contributed by atoms with Crippen molar-refractivity contribution in [2.75, 3.05) is 13.7 Å². The highest BCUT2D eigenvalue weighted by molar-refractivity contribution is 9.10. The minimum Gasteiger partial charge on any atom is -0.497 e. The molecule has 0 saturated heterocycles. The molecule has 0 spiro atoms. The van der Waals surface area contributed by atoms with Crippen LogP contribution >= 0.6 is 15.9 Å². The molecule has 100 valence electrons. The summed E-state index contributed by atoms with van der Waals surface area (Å²) < 4.78 is 6.27. The van der Waals surface area contributed by atoms with Gasteiger partial charge in [-0.15, -0.1) is 0 Å². The van der Waals surface area contributed by atoms with Gasteiger partial charge in [-0.1, -0.05) is 19.1 Å². The summed E-state index contributed by atoms with van der Waals surface area (Å²) in [4.78, 5) is 4.48. The summed E-state index contributed by atoms with van der Waals surface area (Å²) in [7, 11) is 1.68. The minimum absolute atomic E-state index is 0.0770. The molecule has 4 heteroatoms. The number of nitrogens with zero attached hydrogens (tertiary/aromatic N) is 1. The van der Waals surface area contributed by atoms with E-state index in [0.717, 1.165) is 28.0 Å². The van der Waals surface area contributed by atoms with Gasteiger partial charge in [0.15, 0.2) is 0 Å². The number of benzene rings is 1. The van der Waals surface area contributed by atoms with Gasteiger partial charge in [0.1, 0.15) is 5.75 Å². The van der Waals surface area contributed by atoms with Crippen molar-refractivity contribution in [1.82, 2.24) is 10.3 Å². The van der Waals surface area contributed by atoms with Crippen LogP contribution in [0.4, 0.5) is 0 Å². The Hall–Kier alpha value is -1.39. The number of aromatic nitrogens is 1. The molecule has 1 heterocycles. The zero-order valence-corrected chi connectivity index (χ0v) is 12.6. The molecule has 0 aliphatic rings. The van der Waals surface area contributed by atoms with Crippen molar-refractivity contribution in [3.63, 3.8) is 0 Å². The molecule has 0 fully saturated rings. The summed E-state index contributed by atoms with van der Waals surface area (Å²) in [6, 6.07) is 12.2. The Labute approximate surface area is 122 Å². The second-order valence-electron chi connectivity index (χ2n) is 4.17. The lowest BCUT2D eigenvalue weighted by Gasteiger charge is -2.18. The molecule has 2 rings (SSSR count). The van der Waals surface area contributed by atoms with Gasteiger partial charge >= 0.3 is 0 Å². The lowest BCUT2D eigenvalue weighted by atomic mass is 10.0. The molecule has 1 atom stereocenters. The van der Waals surface area contributed by atoms with Crippen LogP contribution in [0.1, 0.15) is 24.2 Å². The zero-order valence-electron chi connectivity index (χ0n) is 11.1. The molecule has 1 aromatic heterocycles. The van der Waals surface area contributed by atoms with Gasteiger partial charge in [-0.3, -0.25) is 4.98 Å². The van der Waals surface area contributed by atoms with Crippen molar-refractivity contribution >= 4 is 15.9 Å². The Morgan fingerprint density at radius 2 is 2.16 bits per heavy atom. The third-order valence-corrected chi connectivity index (χ3v) is 3.35. The Balaban J connectivity index is 2.35. The standard InChI is InChI=1S/C15H17BrN2O/c1-3-17-15(14-8-7-12(16)10-18-14)11-5-4-6-13(9-11)19-2/h4-10,15,17H,3H2,1-2H3. The van der Waals surface area contributed by atoms with Crippen LogP contribution in [-0.4, -0.2) is 18.6 Å². The molecule has 1 N–H and O–H groups in total. The molecular weight excluding hydrogens is 304 g/mol. The summed E-state index contributed by atoms with van der Waals surface area (Å²) in [5.74, 6) is 0.859. The maximum absolute atomic E-state index is 5.28. The van der Waals surface area contributed by atoms with E-state index in [1.807, 2.05) is 36.5 Å². The van der Waals surface area contributed by atoms with Crippen molar-refractivity contribution in [2.45, 2.75) is 13.0 Å². The van der Waals surface area contributed by atoms with Crippen molar-refractivity contribution in [2.24, 2.45) is 0 Å². The fourth-order valence-electron chi connectivity index (χ4n) is 1.98. The first kappa shape index (κ1) is 14.0. The fourth-order valence-corrected chi connectivity index (χ4v) is 2.21. The van der Waals surface area contributed by atoms with E-state index in [4.69, 9.17) is 4.74 Å². The van der Waals surface area contributed by atoms with Crippen LogP contribution in [0.3, 0.4) is 0 Å². The maximum atomic E-state index is 5.28. The summed E-state index contributed by atoms with van der Waals surface area (Å²) in [5.41, 5.74) is 2.15. The number of hydrogen-bond acceptors (Lipinski definition) is 3. The van der Waals surface area contributed by atoms with Crippen molar-refractivity contribution in [3.05, 3.63) is 58.3 Å². The average Bonchev–Trinajstić information content (AvgIpc) is 2.46. The summed E-state index contributed by atoms with van der Waals surface area (Å²) in [5, 5.41) is 3.45. The predicted octanol–water partition coefficient (Wildman–Crippen LogP) is 3.55. The summed E-state index contributed by atoms with van der Waals surface area (Å²) in [6.07, 6.45) is 1.82. The van der Waals surface area contributed by atoms with Crippen molar-refractivity contribution < 1.29 is 4.74 Å². The predicted molar refractivity (Wildman–Crippen MR) is 80.5 cm³/mol. The molecule has 2 aromatic rings. The molecule has 0 saturated carbocycles. The highest BCUT2D eigenvalue weighted by Gasteiger charge is 2.14. The van der Waals surface area contributed by atoms with E-state index in [1.54, 1.807) is 7.11 Å². The topological polar surface area (TPSA) is 34.1 Å². The van der Waals surface area contributed by atoms with Crippen molar-refractivity contribution in [3.8, 4) is 5.75 Å². The SMILES string of the molecule is CCNC(c1cccc(OC)c1)c1ccc(Br)cn1. The van der Waals surface area contributed by atoms with E-state index in [9.17, 15) is 0 Å². The number of hydrogen-bond donors (Lipinski definition) is 1. The van der Waals surface area contributed by atoms with Crippen LogP contribution < -0.4 is 10.1 Å². The first-order chi connectivity index (χ1) is 9.24. The molecule has 0 radical (unpaired) electrons. The van der Waals surface area contributed by atoms with Gasteiger partial charge in [0, 0.05) is 10.7 Å². The smallest absolute Gasteiger partial charge is 0.119 e. The highest BCUT2D eigenvalue weighted by Crippen LogP contribution is 2.24. The number of methoxy groups -OCH3 is 1. The van der Waals surface area contributed by atoms with Crippen LogP contribution in [0, 0.1) is 0 Å². The normalized spacial score (nSPS) is 12.2. The van der Waals surface area contributed by atoms with Gasteiger partial charge in [-0.2, -0.15) is 0 Å². The zero-order chi connectivity index (χ0) is 13.7. The Kier molecular flexibility index (Phi) is 4.93. The number of rotatable bonds is 5. The van der Waals surface area contributed by atoms with E-state index in [-0.39, 0.29) is 6.04 Å². The highest BCUT2D eigenvalue weighted by atomic mass is 79.9. The third-order valence-electron chi connectivity index (χ3n) is 2.88. The number of pyridine rings is 1. The maximum Gasteiger partial charge on any atom is 0.119 e. The number of nitrogens with one attached hydrogen (secondary N) is 1. The first-order valence-electron chi connectivity index (χ1n) is 6.23. The van der Waals surface area contributed by atoms with E-state index < -0.39 is 0 Å². The Morgan fingerprint density at radius 3 is 2.79 bits per heavy atom. The van der Waals surface area contributed by atoms with Crippen LogP contribution in [0.15, 0.2) is 47.1 Å². The third kappa shape index (κ3) is 3.55. The summed E-state index contributed by atoms with van der Waals surface area (Å²) in [6.45, 7) is 2.96. The number of halogens is 1. The Morgan fingerprint density at radius 1 is 1.32 bits per heavy atom. The van der Waals surface area contributed by atoms with Crippen molar-refractivity contribution in [1.29, 1.82) is 0 Å². The van der Waals surface area contributed by atoms with E-state index in [1.165, 1.54) is 0 Å². The van der Waals surface area contributed by atoms with Crippen LogP contribution in [0.25, 0.3) is 0 Å². The molecule has 19 heavy (non-hydrogen) atoms. The minimum atomic E-state index is 0.0770. The second kappa shape index (κ2) is 6.68. The molecule has 1 aromatic carbocycles.